The first-order valence-electron chi connectivity index (χ1n) is 23.2. The summed E-state index contributed by atoms with van der Waals surface area (Å²) >= 11 is 0. The number of nitrogens with one attached hydrogen (secondary N) is 2. The fourth-order valence-electron chi connectivity index (χ4n) is 9.92. The van der Waals surface area contributed by atoms with Crippen molar-refractivity contribution in [2.75, 3.05) is 13.1 Å². The number of hydrogen-bond acceptors (Lipinski definition) is 10. The standard InChI is InChI=1S/C47H77BN4O8/c1-8-9-10-11-12-13-16-33-18-20-34(21-19-33)38(54)27-35(22-24-50)45(58)52-43(32(4)53)40(56)25-30(2)44(57)51-37(17-14-15-23-49)39(55)26-31(3)48-59-42-29-36-28-41(46(36,5)6)47(42,7)60-48/h18-21,30-32,35-37,41-43,53H,8-17,22-29,49-50H2,1-7H3,(H,51,57)(H,52,58)/t30-,31-,32-,35-,36+,37+,41+,42?,43+,47+/m1/s1. The lowest BCUT2D eigenvalue weighted by molar-refractivity contribution is -0.199. The van der Waals surface area contributed by atoms with E-state index in [-0.39, 0.29) is 66.7 Å². The minimum atomic E-state index is -1.30. The Morgan fingerprint density at radius 2 is 1.50 bits per heavy atom. The van der Waals surface area contributed by atoms with Gasteiger partial charge in [0, 0.05) is 36.7 Å². The Bertz CT molecular complexity index is 1590. The van der Waals surface area contributed by atoms with E-state index in [9.17, 15) is 29.1 Å². The fraction of sp³-hybridized carbons (Fsp3) is 0.766. The predicted molar refractivity (Wildman–Crippen MR) is 236 cm³/mol. The number of amides is 2. The molecule has 0 radical (unpaired) electrons. The van der Waals surface area contributed by atoms with Crippen LogP contribution in [0.1, 0.15) is 161 Å². The van der Waals surface area contributed by atoms with Crippen LogP contribution in [0.2, 0.25) is 5.82 Å². The molecule has 0 aromatic heterocycles. The van der Waals surface area contributed by atoms with E-state index in [2.05, 4.69) is 38.3 Å². The maximum atomic E-state index is 13.8. The Morgan fingerprint density at radius 3 is 2.13 bits per heavy atom. The molecule has 1 heterocycles. The summed E-state index contributed by atoms with van der Waals surface area (Å²) in [5.41, 5.74) is 13.1. The zero-order valence-corrected chi connectivity index (χ0v) is 37.8. The summed E-state index contributed by atoms with van der Waals surface area (Å²) in [4.78, 5) is 67.8. The normalized spacial score (nSPS) is 24.6. The van der Waals surface area contributed by atoms with Crippen LogP contribution in [-0.2, 0) is 34.9 Å². The molecule has 1 saturated heterocycles. The van der Waals surface area contributed by atoms with Crippen molar-refractivity contribution in [2.45, 2.75) is 187 Å². The summed E-state index contributed by atoms with van der Waals surface area (Å²) in [5, 5.41) is 16.2. The number of carbonyl (C=O) groups is 5. The quantitative estimate of drug-likeness (QED) is 0.0364. The SMILES string of the molecule is CCCCCCCCc1ccc(C(=O)C[C@@H](CCN)C(=O)N[C@H](C(=O)C[C@@H](C)C(=O)N[C@@H](CCCCN)C(=O)C[C@@H](C)B2OC3C[C@@H]4C[C@@H](C4(C)C)[C@]3(C)O2)[C@@H](C)O)cc1. The van der Waals surface area contributed by atoms with E-state index in [1.165, 1.54) is 44.6 Å². The fourth-order valence-corrected chi connectivity index (χ4v) is 9.92. The highest BCUT2D eigenvalue weighted by atomic mass is 16.7. The van der Waals surface area contributed by atoms with Crippen LogP contribution in [0.5, 0.6) is 0 Å². The monoisotopic (exact) mass is 837 g/mol. The summed E-state index contributed by atoms with van der Waals surface area (Å²) in [6.07, 6.45) is 10.7. The zero-order valence-electron chi connectivity index (χ0n) is 37.8. The van der Waals surface area contributed by atoms with E-state index in [1.807, 2.05) is 19.1 Å². The molecule has 12 nitrogen and oxygen atoms in total. The summed E-state index contributed by atoms with van der Waals surface area (Å²) in [7, 11) is -0.516. The second-order valence-electron chi connectivity index (χ2n) is 19.2. The van der Waals surface area contributed by atoms with Crippen LogP contribution in [0.15, 0.2) is 24.3 Å². The van der Waals surface area contributed by atoms with Gasteiger partial charge in [0.25, 0.3) is 0 Å². The smallest absolute Gasteiger partial charge is 0.405 e. The van der Waals surface area contributed by atoms with Crippen molar-refractivity contribution in [2.24, 2.45) is 40.6 Å². The number of carbonyl (C=O) groups excluding carboxylic acids is 5. The van der Waals surface area contributed by atoms with E-state index < -0.39 is 54.7 Å². The number of rotatable bonds is 28. The molecule has 2 bridgehead atoms. The molecule has 1 aliphatic heterocycles. The van der Waals surface area contributed by atoms with Crippen LogP contribution >= 0.6 is 0 Å². The number of benzene rings is 1. The van der Waals surface area contributed by atoms with Gasteiger partial charge in [0.05, 0.1) is 23.9 Å². The lowest BCUT2D eigenvalue weighted by Crippen LogP contribution is -2.65. The van der Waals surface area contributed by atoms with E-state index in [4.69, 9.17) is 20.8 Å². The molecule has 10 atom stereocenters. The summed E-state index contributed by atoms with van der Waals surface area (Å²) in [6, 6.07) is 5.42. The predicted octanol–water partition coefficient (Wildman–Crippen LogP) is 6.28. The summed E-state index contributed by atoms with van der Waals surface area (Å²) in [5.74, 6) is -2.81. The topological polar surface area (TPSA) is 200 Å². The molecular weight excluding hydrogens is 759 g/mol. The number of aryl methyl sites for hydroxylation is 1. The van der Waals surface area contributed by atoms with Gasteiger partial charge in [-0.3, -0.25) is 24.0 Å². The van der Waals surface area contributed by atoms with Gasteiger partial charge in [0.1, 0.15) is 6.04 Å². The highest BCUT2D eigenvalue weighted by Gasteiger charge is 2.68. The average Bonchev–Trinajstić information content (AvgIpc) is 3.58. The highest BCUT2D eigenvalue weighted by Crippen LogP contribution is 2.66. The van der Waals surface area contributed by atoms with Crippen molar-refractivity contribution < 1.29 is 38.4 Å². The van der Waals surface area contributed by atoms with Crippen molar-refractivity contribution in [3.63, 3.8) is 0 Å². The summed E-state index contributed by atoms with van der Waals surface area (Å²) in [6.45, 7) is 14.5. The molecule has 13 heteroatoms. The highest BCUT2D eigenvalue weighted by molar-refractivity contribution is 6.47. The molecule has 4 aliphatic rings. The third-order valence-corrected chi connectivity index (χ3v) is 14.1. The third kappa shape index (κ3) is 12.8. The Labute approximate surface area is 360 Å². The molecular formula is C47H77BN4O8. The number of hydrogen-bond donors (Lipinski definition) is 5. The number of Topliss-reactive ketones (excluding diaryl/α,β-unsaturated/α-hetero) is 3. The minimum Gasteiger partial charge on any atom is -0.405 e. The molecule has 3 saturated carbocycles. The van der Waals surface area contributed by atoms with Gasteiger partial charge in [-0.1, -0.05) is 91.0 Å². The Balaban J connectivity index is 1.30. The molecule has 336 valence electrons. The lowest BCUT2D eigenvalue weighted by atomic mass is 9.43. The van der Waals surface area contributed by atoms with Gasteiger partial charge in [0.15, 0.2) is 17.3 Å². The molecule has 60 heavy (non-hydrogen) atoms. The average molecular weight is 837 g/mol. The van der Waals surface area contributed by atoms with Crippen molar-refractivity contribution in [3.8, 4) is 0 Å². The maximum Gasteiger partial charge on any atom is 0.461 e. The molecule has 5 rings (SSSR count). The van der Waals surface area contributed by atoms with Crippen molar-refractivity contribution in [1.29, 1.82) is 0 Å². The second kappa shape index (κ2) is 22.9. The largest absolute Gasteiger partial charge is 0.461 e. The molecule has 4 fully saturated rings. The minimum absolute atomic E-state index is 0.00175. The Morgan fingerprint density at radius 1 is 0.817 bits per heavy atom. The van der Waals surface area contributed by atoms with Gasteiger partial charge in [-0.05, 0) is 107 Å². The van der Waals surface area contributed by atoms with Crippen LogP contribution in [-0.4, -0.2) is 84.4 Å². The number of aliphatic hydroxyl groups excluding tert-OH is 1. The molecule has 3 aliphatic carbocycles. The number of unbranched alkanes of at least 4 members (excludes halogenated alkanes) is 6. The molecule has 1 aromatic carbocycles. The first kappa shape index (κ1) is 49.7. The van der Waals surface area contributed by atoms with Gasteiger partial charge >= 0.3 is 7.12 Å². The van der Waals surface area contributed by atoms with E-state index in [0.717, 1.165) is 25.7 Å². The first-order valence-corrected chi connectivity index (χ1v) is 23.2. The van der Waals surface area contributed by atoms with Crippen molar-refractivity contribution in [3.05, 3.63) is 35.4 Å². The molecule has 1 aromatic rings. The van der Waals surface area contributed by atoms with Gasteiger partial charge in [0.2, 0.25) is 11.8 Å². The van der Waals surface area contributed by atoms with Crippen LogP contribution in [0.4, 0.5) is 0 Å². The Kier molecular flexibility index (Phi) is 19.0. The second-order valence-corrected chi connectivity index (χ2v) is 19.2. The van der Waals surface area contributed by atoms with Crippen LogP contribution in [0.3, 0.4) is 0 Å². The van der Waals surface area contributed by atoms with Gasteiger partial charge in [-0.25, -0.2) is 0 Å². The molecule has 1 unspecified atom stereocenters. The van der Waals surface area contributed by atoms with E-state index in [1.54, 1.807) is 19.1 Å². The van der Waals surface area contributed by atoms with Crippen molar-refractivity contribution in [1.82, 2.24) is 10.6 Å². The lowest BCUT2D eigenvalue weighted by Gasteiger charge is -2.64. The van der Waals surface area contributed by atoms with Crippen molar-refractivity contribution >= 4 is 36.3 Å². The maximum absolute atomic E-state index is 13.8. The van der Waals surface area contributed by atoms with E-state index >= 15 is 0 Å². The summed E-state index contributed by atoms with van der Waals surface area (Å²) < 4.78 is 13.1. The number of aliphatic hydroxyl groups is 1. The molecule has 7 N–H and O–H groups in total. The van der Waals surface area contributed by atoms with Gasteiger partial charge < -0.3 is 36.5 Å². The van der Waals surface area contributed by atoms with E-state index in [0.29, 0.717) is 43.2 Å². The molecule has 2 amide bonds. The van der Waals surface area contributed by atoms with Crippen LogP contribution in [0.25, 0.3) is 0 Å². The zero-order chi connectivity index (χ0) is 44.2. The molecule has 0 spiro atoms. The van der Waals surface area contributed by atoms with Gasteiger partial charge in [-0.2, -0.15) is 0 Å². The van der Waals surface area contributed by atoms with Crippen LogP contribution < -0.4 is 22.1 Å². The van der Waals surface area contributed by atoms with Crippen LogP contribution in [0, 0.1) is 29.1 Å². The Hall–Kier alpha value is -2.97. The first-order chi connectivity index (χ1) is 28.5. The number of nitrogens with two attached hydrogens (primary N) is 2. The van der Waals surface area contributed by atoms with Gasteiger partial charge in [-0.15, -0.1) is 0 Å². The third-order valence-electron chi connectivity index (χ3n) is 14.1. The number of ketones is 3.